The zero-order chi connectivity index (χ0) is 13.9. The van der Waals surface area contributed by atoms with Crippen LogP contribution >= 0.6 is 11.3 Å². The maximum Gasteiger partial charge on any atom is 0.0330 e. The highest BCUT2D eigenvalue weighted by atomic mass is 32.1. The number of hydrogen-bond acceptors (Lipinski definition) is 3. The third-order valence-electron chi connectivity index (χ3n) is 4.10. The van der Waals surface area contributed by atoms with Crippen LogP contribution in [0.2, 0.25) is 0 Å². The van der Waals surface area contributed by atoms with E-state index in [0.29, 0.717) is 11.5 Å². The summed E-state index contributed by atoms with van der Waals surface area (Å²) in [5.41, 5.74) is 0.340. The van der Waals surface area contributed by atoms with E-state index in [1.807, 2.05) is 11.3 Å². The molecule has 3 heteroatoms. The first-order chi connectivity index (χ1) is 9.00. The molecule has 0 aromatic carbocycles. The van der Waals surface area contributed by atoms with Gasteiger partial charge in [-0.05, 0) is 43.2 Å². The highest BCUT2D eigenvalue weighted by molar-refractivity contribution is 7.09. The molecular weight excluding hydrogens is 252 g/mol. The molecule has 0 spiro atoms. The van der Waals surface area contributed by atoms with Crippen molar-refractivity contribution in [3.63, 3.8) is 0 Å². The molecule has 0 aliphatic heterocycles. The van der Waals surface area contributed by atoms with Crippen molar-refractivity contribution in [1.82, 2.24) is 10.2 Å². The first-order valence-corrected chi connectivity index (χ1v) is 8.32. The number of thiophene rings is 1. The Balaban J connectivity index is 1.87. The lowest BCUT2D eigenvalue weighted by Gasteiger charge is -2.32. The molecule has 1 unspecified atom stereocenters. The fourth-order valence-electron chi connectivity index (χ4n) is 2.74. The van der Waals surface area contributed by atoms with Gasteiger partial charge in [0.15, 0.2) is 0 Å². The average Bonchev–Trinajstić information content (AvgIpc) is 3.05. The number of rotatable bonds is 7. The molecule has 1 atom stereocenters. The lowest BCUT2D eigenvalue weighted by molar-refractivity contribution is 0.200. The summed E-state index contributed by atoms with van der Waals surface area (Å²) in [7, 11) is 2.09. The van der Waals surface area contributed by atoms with Gasteiger partial charge in [-0.3, -0.25) is 4.90 Å². The van der Waals surface area contributed by atoms with Gasteiger partial charge < -0.3 is 5.32 Å². The molecule has 1 aliphatic carbocycles. The predicted octanol–water partition coefficient (Wildman–Crippen LogP) is 3.74. The third-order valence-corrected chi connectivity index (χ3v) is 4.96. The van der Waals surface area contributed by atoms with Crippen molar-refractivity contribution in [2.45, 2.75) is 58.7 Å². The molecule has 19 heavy (non-hydrogen) atoms. The summed E-state index contributed by atoms with van der Waals surface area (Å²) in [5, 5.41) is 5.68. The van der Waals surface area contributed by atoms with Gasteiger partial charge in [0.05, 0.1) is 0 Å². The van der Waals surface area contributed by atoms with E-state index in [9.17, 15) is 0 Å². The van der Waals surface area contributed by atoms with Crippen LogP contribution in [-0.2, 0) is 6.54 Å². The number of nitrogens with one attached hydrogen (secondary N) is 1. The monoisotopic (exact) mass is 280 g/mol. The van der Waals surface area contributed by atoms with Gasteiger partial charge in [0.1, 0.15) is 0 Å². The highest BCUT2D eigenvalue weighted by Crippen LogP contribution is 2.30. The summed E-state index contributed by atoms with van der Waals surface area (Å²) in [6.07, 6.45) is 4.03. The van der Waals surface area contributed by atoms with E-state index in [1.165, 1.54) is 30.7 Å². The van der Waals surface area contributed by atoms with E-state index in [2.05, 4.69) is 55.5 Å². The molecule has 0 amide bonds. The van der Waals surface area contributed by atoms with Crippen LogP contribution in [0.1, 0.15) is 44.9 Å². The smallest absolute Gasteiger partial charge is 0.0330 e. The molecule has 0 saturated heterocycles. The van der Waals surface area contributed by atoms with Gasteiger partial charge in [-0.2, -0.15) is 0 Å². The standard InChI is InChI=1S/C16H28N2S/c1-16(2,3)15(17-4)9-10-18(13-7-8-13)12-14-6-5-11-19-14/h5-6,11,13,15,17H,7-10,12H2,1-4H3. The number of hydrogen-bond donors (Lipinski definition) is 1. The summed E-state index contributed by atoms with van der Waals surface area (Å²) in [5.74, 6) is 0. The Kier molecular flexibility index (Phi) is 5.04. The summed E-state index contributed by atoms with van der Waals surface area (Å²) >= 11 is 1.88. The topological polar surface area (TPSA) is 15.3 Å². The van der Waals surface area contributed by atoms with Crippen molar-refractivity contribution in [2.24, 2.45) is 5.41 Å². The third kappa shape index (κ3) is 4.59. The lowest BCUT2D eigenvalue weighted by atomic mass is 9.85. The van der Waals surface area contributed by atoms with Gasteiger partial charge in [0.2, 0.25) is 0 Å². The van der Waals surface area contributed by atoms with E-state index in [4.69, 9.17) is 0 Å². The first-order valence-electron chi connectivity index (χ1n) is 7.44. The molecule has 1 aliphatic rings. The SMILES string of the molecule is CNC(CCN(Cc1cccs1)C1CC1)C(C)(C)C. The lowest BCUT2D eigenvalue weighted by Crippen LogP contribution is -2.41. The Morgan fingerprint density at radius 2 is 2.16 bits per heavy atom. The second-order valence-corrected chi connectivity index (χ2v) is 7.81. The highest BCUT2D eigenvalue weighted by Gasteiger charge is 2.30. The second-order valence-electron chi connectivity index (χ2n) is 6.78. The van der Waals surface area contributed by atoms with Gasteiger partial charge in [-0.25, -0.2) is 0 Å². The zero-order valence-electron chi connectivity index (χ0n) is 12.8. The largest absolute Gasteiger partial charge is 0.316 e. The minimum atomic E-state index is 0.340. The van der Waals surface area contributed by atoms with E-state index in [0.717, 1.165) is 12.6 Å². The number of nitrogens with zero attached hydrogens (tertiary/aromatic N) is 1. The van der Waals surface area contributed by atoms with Crippen LogP contribution < -0.4 is 5.32 Å². The van der Waals surface area contributed by atoms with Gasteiger partial charge in [-0.1, -0.05) is 26.8 Å². The minimum Gasteiger partial charge on any atom is -0.316 e. The van der Waals surface area contributed by atoms with Crippen molar-refractivity contribution in [3.05, 3.63) is 22.4 Å². The molecule has 108 valence electrons. The van der Waals surface area contributed by atoms with Crippen LogP contribution in [0.25, 0.3) is 0 Å². The van der Waals surface area contributed by atoms with E-state index in [1.54, 1.807) is 0 Å². The van der Waals surface area contributed by atoms with Crippen molar-refractivity contribution < 1.29 is 0 Å². The fourth-order valence-corrected chi connectivity index (χ4v) is 3.47. The summed E-state index contributed by atoms with van der Waals surface area (Å²) in [6.45, 7) is 9.34. The fraction of sp³-hybridized carbons (Fsp3) is 0.750. The van der Waals surface area contributed by atoms with E-state index in [-0.39, 0.29) is 0 Å². The van der Waals surface area contributed by atoms with Gasteiger partial charge >= 0.3 is 0 Å². The molecule has 2 nitrogen and oxygen atoms in total. The Morgan fingerprint density at radius 1 is 1.42 bits per heavy atom. The minimum absolute atomic E-state index is 0.340. The van der Waals surface area contributed by atoms with Crippen molar-refractivity contribution in [1.29, 1.82) is 0 Å². The molecule has 2 rings (SSSR count). The average molecular weight is 280 g/mol. The Morgan fingerprint density at radius 3 is 2.63 bits per heavy atom. The van der Waals surface area contributed by atoms with E-state index < -0.39 is 0 Å². The molecule has 1 fully saturated rings. The van der Waals surface area contributed by atoms with Gasteiger partial charge in [0.25, 0.3) is 0 Å². The van der Waals surface area contributed by atoms with Crippen molar-refractivity contribution in [2.75, 3.05) is 13.6 Å². The molecule has 0 radical (unpaired) electrons. The van der Waals surface area contributed by atoms with Crippen LogP contribution in [0, 0.1) is 5.41 Å². The molecule has 1 heterocycles. The Bertz CT molecular complexity index is 363. The van der Waals surface area contributed by atoms with E-state index >= 15 is 0 Å². The van der Waals surface area contributed by atoms with Gasteiger partial charge in [-0.15, -0.1) is 11.3 Å². The summed E-state index contributed by atoms with van der Waals surface area (Å²) < 4.78 is 0. The van der Waals surface area contributed by atoms with Crippen LogP contribution in [-0.4, -0.2) is 30.6 Å². The first kappa shape index (κ1) is 15.0. The molecule has 1 aromatic rings. The Labute approximate surface area is 122 Å². The van der Waals surface area contributed by atoms with Crippen molar-refractivity contribution in [3.8, 4) is 0 Å². The molecule has 1 N–H and O–H groups in total. The molecule has 1 aromatic heterocycles. The Hall–Kier alpha value is -0.380. The zero-order valence-corrected chi connectivity index (χ0v) is 13.6. The molecule has 1 saturated carbocycles. The summed E-state index contributed by atoms with van der Waals surface area (Å²) in [6, 6.07) is 5.87. The quantitative estimate of drug-likeness (QED) is 0.818. The second kappa shape index (κ2) is 6.38. The molecule has 0 bridgehead atoms. The maximum atomic E-state index is 3.49. The normalized spacial score (nSPS) is 17.9. The van der Waals surface area contributed by atoms with Gasteiger partial charge in [0, 0.05) is 30.1 Å². The maximum absolute atomic E-state index is 3.49. The van der Waals surface area contributed by atoms with Crippen LogP contribution in [0.4, 0.5) is 0 Å². The van der Waals surface area contributed by atoms with Crippen LogP contribution in [0.15, 0.2) is 17.5 Å². The van der Waals surface area contributed by atoms with Crippen LogP contribution in [0.3, 0.4) is 0 Å². The van der Waals surface area contributed by atoms with Crippen LogP contribution in [0.5, 0.6) is 0 Å². The molecular formula is C16H28N2S. The van der Waals surface area contributed by atoms with Crippen molar-refractivity contribution >= 4 is 11.3 Å². The predicted molar refractivity (Wildman–Crippen MR) is 84.7 cm³/mol. The summed E-state index contributed by atoms with van der Waals surface area (Å²) in [4.78, 5) is 4.19.